The number of hydrogen-bond acceptors (Lipinski definition) is 1. The third kappa shape index (κ3) is 4.69. The van der Waals surface area contributed by atoms with E-state index >= 15 is 0 Å². The Bertz CT molecular complexity index is 288. The van der Waals surface area contributed by atoms with Crippen molar-refractivity contribution >= 4 is 25.5 Å². The van der Waals surface area contributed by atoms with Crippen molar-refractivity contribution in [1.29, 1.82) is 0 Å². The summed E-state index contributed by atoms with van der Waals surface area (Å²) >= 11 is -3.71. The molecule has 0 aliphatic rings. The van der Waals surface area contributed by atoms with Gasteiger partial charge in [0.05, 0.1) is 0 Å². The van der Waals surface area contributed by atoms with E-state index in [2.05, 4.69) is 0 Å². The second-order valence-corrected chi connectivity index (χ2v) is 18.4. The van der Waals surface area contributed by atoms with Crippen molar-refractivity contribution in [2.24, 2.45) is 0 Å². The molecule has 1 aromatic carbocycles. The van der Waals surface area contributed by atoms with Crippen LogP contribution in [0, 0.1) is 13.8 Å². The molecule has 0 fully saturated rings. The van der Waals surface area contributed by atoms with Crippen molar-refractivity contribution in [3.8, 4) is 5.75 Å². The molecule has 0 aromatic heterocycles. The molecule has 0 N–H and O–H groups in total. The maximum atomic E-state index is 5.69. The number of halogens is 3. The minimum atomic E-state index is -3.71. The molecule has 1 rings (SSSR count). The first-order valence-corrected chi connectivity index (χ1v) is 14.2. The molecule has 0 aliphatic heterocycles. The Morgan fingerprint density at radius 3 is 1.85 bits per heavy atom. The van der Waals surface area contributed by atoms with E-state index in [1.165, 1.54) is 0 Å². The Kier molecular flexibility index (Phi) is 4.13. The van der Waals surface area contributed by atoms with Crippen LogP contribution in [0.2, 0.25) is 0 Å². The first-order valence-electron chi connectivity index (χ1n) is 3.71. The summed E-state index contributed by atoms with van der Waals surface area (Å²) in [5.41, 5.74) is 2.21. The zero-order chi connectivity index (χ0) is 10.1. The summed E-state index contributed by atoms with van der Waals surface area (Å²) in [7, 11) is 17.1. The second-order valence-electron chi connectivity index (χ2n) is 2.87. The normalized spacial score (nSPS) is 11.5. The van der Waals surface area contributed by atoms with Gasteiger partial charge in [-0.05, 0) is 0 Å². The second kappa shape index (κ2) is 4.53. The van der Waals surface area contributed by atoms with Gasteiger partial charge >= 0.3 is 94.4 Å². The standard InChI is InChI=1S/C8H10O.3ClH.Zr/c1-6-3-7(2)5-8(9)4-6;;;;/h3-5,9H,1-2H3;3*1H;/q;;;;+4/p-4. The molecule has 0 saturated heterocycles. The summed E-state index contributed by atoms with van der Waals surface area (Å²) in [5, 5.41) is 0. The van der Waals surface area contributed by atoms with Crippen LogP contribution >= 0.6 is 25.5 Å². The third-order valence-corrected chi connectivity index (χ3v) is 3.95. The van der Waals surface area contributed by atoms with E-state index in [1.54, 1.807) is 0 Å². The van der Waals surface area contributed by atoms with Gasteiger partial charge in [-0.3, -0.25) is 0 Å². The summed E-state index contributed by atoms with van der Waals surface area (Å²) in [6.45, 7) is 3.96. The Morgan fingerprint density at radius 1 is 1.00 bits per heavy atom. The van der Waals surface area contributed by atoms with Crippen molar-refractivity contribution in [1.82, 2.24) is 0 Å². The monoisotopic (exact) mass is 316 g/mol. The number of benzene rings is 1. The van der Waals surface area contributed by atoms with Crippen LogP contribution < -0.4 is 2.81 Å². The van der Waals surface area contributed by atoms with Crippen molar-refractivity contribution in [2.75, 3.05) is 0 Å². The van der Waals surface area contributed by atoms with E-state index in [0.717, 1.165) is 11.1 Å². The SMILES string of the molecule is Cc1cc(C)cc([O][Zr]([Cl])([Cl])[Cl])c1. The summed E-state index contributed by atoms with van der Waals surface area (Å²) in [4.78, 5) is 0. The molecular weight excluding hydrogens is 310 g/mol. The first-order chi connectivity index (χ1) is 5.87. The van der Waals surface area contributed by atoms with Crippen LogP contribution in [0.25, 0.3) is 0 Å². The summed E-state index contributed by atoms with van der Waals surface area (Å²) < 4.78 is 5.27. The van der Waals surface area contributed by atoms with Gasteiger partial charge in [0.15, 0.2) is 0 Å². The van der Waals surface area contributed by atoms with E-state index in [4.69, 9.17) is 28.4 Å². The van der Waals surface area contributed by atoms with E-state index in [9.17, 15) is 0 Å². The Hall–Kier alpha value is 0.773. The van der Waals surface area contributed by atoms with Crippen LogP contribution in [0.3, 0.4) is 0 Å². The van der Waals surface area contributed by atoms with Gasteiger partial charge in [0.25, 0.3) is 0 Å². The van der Waals surface area contributed by atoms with Crippen molar-refractivity contribution in [3.05, 3.63) is 29.3 Å². The van der Waals surface area contributed by atoms with Crippen LogP contribution in [0.15, 0.2) is 18.2 Å². The van der Waals surface area contributed by atoms with Crippen molar-refractivity contribution in [3.63, 3.8) is 0 Å². The van der Waals surface area contributed by atoms with E-state index < -0.39 is 17.1 Å². The molecule has 1 nitrogen and oxygen atoms in total. The minimum absolute atomic E-state index is 0.660. The fourth-order valence-corrected chi connectivity index (χ4v) is 3.65. The number of rotatable bonds is 2. The first kappa shape index (κ1) is 11.8. The van der Waals surface area contributed by atoms with Gasteiger partial charge in [-0.2, -0.15) is 0 Å². The fourth-order valence-electron chi connectivity index (χ4n) is 1.13. The fraction of sp³-hybridized carbons (Fsp3) is 0.250. The molecule has 0 saturated carbocycles. The molecule has 0 atom stereocenters. The molecule has 72 valence electrons. The van der Waals surface area contributed by atoms with Gasteiger partial charge in [-0.15, -0.1) is 0 Å². The summed E-state index contributed by atoms with van der Waals surface area (Å²) in [6.07, 6.45) is 0. The van der Waals surface area contributed by atoms with Gasteiger partial charge in [0.2, 0.25) is 0 Å². The quantitative estimate of drug-likeness (QED) is 0.793. The molecule has 0 spiro atoms. The van der Waals surface area contributed by atoms with Gasteiger partial charge in [0, 0.05) is 0 Å². The van der Waals surface area contributed by atoms with E-state index in [1.807, 2.05) is 32.0 Å². The molecule has 1 aromatic rings. The van der Waals surface area contributed by atoms with Crippen LogP contribution in [-0.2, 0) is 17.1 Å². The van der Waals surface area contributed by atoms with Gasteiger partial charge in [-0.25, -0.2) is 0 Å². The molecule has 0 heterocycles. The summed E-state index contributed by atoms with van der Waals surface area (Å²) in [6, 6.07) is 5.78. The zero-order valence-electron chi connectivity index (χ0n) is 7.27. The zero-order valence-corrected chi connectivity index (χ0v) is 12.0. The van der Waals surface area contributed by atoms with Crippen LogP contribution in [-0.4, -0.2) is 0 Å². The predicted molar refractivity (Wildman–Crippen MR) is 54.1 cm³/mol. The Balaban J connectivity index is 2.90. The Labute approximate surface area is 93.6 Å². The molecule has 13 heavy (non-hydrogen) atoms. The maximum absolute atomic E-state index is 5.69. The molecule has 0 amide bonds. The predicted octanol–water partition coefficient (Wildman–Crippen LogP) is 4.21. The van der Waals surface area contributed by atoms with Crippen LogP contribution in [0.1, 0.15) is 11.1 Å². The number of hydrogen-bond donors (Lipinski definition) is 0. The van der Waals surface area contributed by atoms with E-state index in [-0.39, 0.29) is 0 Å². The molecule has 0 radical (unpaired) electrons. The average Bonchev–Trinajstić information content (AvgIpc) is 1.78. The van der Waals surface area contributed by atoms with Crippen molar-refractivity contribution in [2.45, 2.75) is 13.8 Å². The van der Waals surface area contributed by atoms with Gasteiger partial charge in [-0.1, -0.05) is 0 Å². The summed E-state index contributed by atoms with van der Waals surface area (Å²) in [5.74, 6) is 0.660. The van der Waals surface area contributed by atoms with E-state index in [0.29, 0.717) is 5.75 Å². The topological polar surface area (TPSA) is 9.23 Å². The molecule has 0 bridgehead atoms. The number of aryl methyl sites for hydroxylation is 2. The average molecular weight is 319 g/mol. The van der Waals surface area contributed by atoms with Crippen LogP contribution in [0.5, 0.6) is 5.75 Å². The molecule has 0 aliphatic carbocycles. The van der Waals surface area contributed by atoms with Gasteiger partial charge < -0.3 is 0 Å². The van der Waals surface area contributed by atoms with Gasteiger partial charge in [0.1, 0.15) is 0 Å². The molecule has 5 heteroatoms. The Morgan fingerprint density at radius 2 is 1.46 bits per heavy atom. The third-order valence-electron chi connectivity index (χ3n) is 1.43. The molecular formula is C8H9Cl3OZr. The van der Waals surface area contributed by atoms with Crippen LogP contribution in [0.4, 0.5) is 0 Å². The van der Waals surface area contributed by atoms with Crippen molar-refractivity contribution < 1.29 is 19.9 Å². The molecule has 0 unspecified atom stereocenters.